The lowest BCUT2D eigenvalue weighted by Crippen LogP contribution is -2.19. The molecule has 6 nitrogen and oxygen atoms in total. The number of nitrogens with two attached hydrogens (primary N) is 2. The van der Waals surface area contributed by atoms with Crippen molar-refractivity contribution in [3.05, 3.63) is 54.4 Å². The van der Waals surface area contributed by atoms with Crippen LogP contribution in [-0.4, -0.2) is 21.8 Å². The van der Waals surface area contributed by atoms with Gasteiger partial charge in [0.25, 0.3) is 0 Å². The maximum Gasteiger partial charge on any atom is 0.224 e. The van der Waals surface area contributed by atoms with Crippen molar-refractivity contribution in [2.45, 2.75) is 0 Å². The Morgan fingerprint density at radius 3 is 2.57 bits per heavy atom. The SMILES string of the molecule is N/C(=N\C(N)=N\c1nc2ccccc2s1)c1ccncc1. The van der Waals surface area contributed by atoms with Crippen LogP contribution in [0.4, 0.5) is 5.13 Å². The summed E-state index contributed by atoms with van der Waals surface area (Å²) >= 11 is 1.45. The van der Waals surface area contributed by atoms with Crippen LogP contribution in [0.25, 0.3) is 10.2 Å². The molecule has 3 rings (SSSR count). The average Bonchev–Trinajstić information content (AvgIpc) is 2.90. The standard InChI is InChI=1S/C14H12N6S/c15-12(9-5-7-17-8-6-9)19-13(16)20-14-18-10-3-1-2-4-11(10)21-14/h1-8H,(H4,15,16,18,19,20). The number of thiazole rings is 1. The molecule has 4 N–H and O–H groups in total. The minimum atomic E-state index is 0.0726. The summed E-state index contributed by atoms with van der Waals surface area (Å²) in [4.78, 5) is 16.5. The van der Waals surface area contributed by atoms with E-state index in [1.165, 1.54) is 11.3 Å². The van der Waals surface area contributed by atoms with Gasteiger partial charge in [0.15, 0.2) is 0 Å². The Morgan fingerprint density at radius 1 is 1.05 bits per heavy atom. The summed E-state index contributed by atoms with van der Waals surface area (Å²) in [5, 5.41) is 0.556. The lowest BCUT2D eigenvalue weighted by atomic mass is 10.2. The third-order valence-electron chi connectivity index (χ3n) is 2.70. The minimum Gasteiger partial charge on any atom is -0.383 e. The normalized spacial score (nSPS) is 12.8. The van der Waals surface area contributed by atoms with Crippen molar-refractivity contribution in [2.75, 3.05) is 0 Å². The van der Waals surface area contributed by atoms with E-state index in [9.17, 15) is 0 Å². The summed E-state index contributed by atoms with van der Waals surface area (Å²) < 4.78 is 1.05. The third kappa shape index (κ3) is 3.03. The number of pyridine rings is 1. The number of para-hydroxylation sites is 1. The highest BCUT2D eigenvalue weighted by atomic mass is 32.1. The van der Waals surface area contributed by atoms with Crippen LogP contribution in [0, 0.1) is 0 Å². The predicted octanol–water partition coefficient (Wildman–Crippen LogP) is 2.04. The lowest BCUT2D eigenvalue weighted by molar-refractivity contribution is 1.31. The van der Waals surface area contributed by atoms with Crippen LogP contribution in [-0.2, 0) is 0 Å². The van der Waals surface area contributed by atoms with Gasteiger partial charge in [0, 0.05) is 18.0 Å². The van der Waals surface area contributed by atoms with E-state index in [2.05, 4.69) is 20.0 Å². The van der Waals surface area contributed by atoms with Crippen LogP contribution in [0.2, 0.25) is 0 Å². The first-order valence-corrected chi connectivity index (χ1v) is 6.98. The second-order valence-electron chi connectivity index (χ2n) is 4.17. The van der Waals surface area contributed by atoms with Gasteiger partial charge in [-0.25, -0.2) is 4.98 Å². The Kier molecular flexibility index (Phi) is 3.57. The van der Waals surface area contributed by atoms with Gasteiger partial charge in [-0.3, -0.25) is 4.98 Å². The molecule has 0 aliphatic heterocycles. The molecule has 104 valence electrons. The van der Waals surface area contributed by atoms with Crippen LogP contribution in [0.3, 0.4) is 0 Å². The highest BCUT2D eigenvalue weighted by molar-refractivity contribution is 7.22. The second-order valence-corrected chi connectivity index (χ2v) is 5.18. The topological polar surface area (TPSA) is 103 Å². The summed E-state index contributed by atoms with van der Waals surface area (Å²) in [7, 11) is 0. The van der Waals surface area contributed by atoms with Crippen molar-refractivity contribution in [1.29, 1.82) is 0 Å². The minimum absolute atomic E-state index is 0.0726. The molecule has 0 fully saturated rings. The summed E-state index contributed by atoms with van der Waals surface area (Å²) in [5.74, 6) is 0.364. The molecule has 3 aromatic rings. The molecule has 0 bridgehead atoms. The number of guanidine groups is 1. The van der Waals surface area contributed by atoms with E-state index in [1.54, 1.807) is 24.5 Å². The van der Waals surface area contributed by atoms with Crippen LogP contribution in [0.5, 0.6) is 0 Å². The monoisotopic (exact) mass is 296 g/mol. The van der Waals surface area contributed by atoms with Crippen molar-refractivity contribution >= 4 is 38.5 Å². The second kappa shape index (κ2) is 5.68. The van der Waals surface area contributed by atoms with Crippen molar-refractivity contribution in [3.8, 4) is 0 Å². The van der Waals surface area contributed by atoms with Crippen LogP contribution >= 0.6 is 11.3 Å². The van der Waals surface area contributed by atoms with Crippen molar-refractivity contribution in [3.63, 3.8) is 0 Å². The number of nitrogens with zero attached hydrogens (tertiary/aromatic N) is 4. The van der Waals surface area contributed by atoms with E-state index in [4.69, 9.17) is 11.5 Å². The molecule has 7 heteroatoms. The number of rotatable bonds is 2. The zero-order chi connectivity index (χ0) is 14.7. The number of fused-ring (bicyclic) bond motifs is 1. The summed E-state index contributed by atoms with van der Waals surface area (Å²) in [6.45, 7) is 0. The number of benzene rings is 1. The van der Waals surface area contributed by atoms with Gasteiger partial charge in [0.2, 0.25) is 11.1 Å². The molecule has 0 aliphatic rings. The van der Waals surface area contributed by atoms with Gasteiger partial charge in [-0.2, -0.15) is 9.98 Å². The largest absolute Gasteiger partial charge is 0.383 e. The third-order valence-corrected chi connectivity index (χ3v) is 3.63. The molecule has 0 aliphatic carbocycles. The van der Waals surface area contributed by atoms with Gasteiger partial charge in [-0.15, -0.1) is 0 Å². The van der Waals surface area contributed by atoms with Crippen LogP contribution in [0.15, 0.2) is 58.8 Å². The van der Waals surface area contributed by atoms with Crippen molar-refractivity contribution in [1.82, 2.24) is 9.97 Å². The van der Waals surface area contributed by atoms with Gasteiger partial charge >= 0.3 is 0 Å². The number of hydrogen-bond donors (Lipinski definition) is 2. The van der Waals surface area contributed by atoms with Gasteiger partial charge in [0.1, 0.15) is 5.84 Å². The zero-order valence-electron chi connectivity index (χ0n) is 11.0. The van der Waals surface area contributed by atoms with E-state index < -0.39 is 0 Å². The Hall–Kier alpha value is -2.80. The predicted molar refractivity (Wildman–Crippen MR) is 85.9 cm³/mol. The van der Waals surface area contributed by atoms with Crippen molar-refractivity contribution in [2.24, 2.45) is 21.5 Å². The van der Waals surface area contributed by atoms with Gasteiger partial charge in [0.05, 0.1) is 10.2 Å². The molecule has 2 heterocycles. The molecule has 0 saturated heterocycles. The van der Waals surface area contributed by atoms with Gasteiger partial charge < -0.3 is 11.5 Å². The fourth-order valence-electron chi connectivity index (χ4n) is 1.74. The van der Waals surface area contributed by atoms with Crippen LogP contribution < -0.4 is 11.5 Å². The van der Waals surface area contributed by atoms with Gasteiger partial charge in [-0.1, -0.05) is 23.5 Å². The first kappa shape index (κ1) is 13.2. The smallest absolute Gasteiger partial charge is 0.224 e. The Bertz CT molecular complexity index is 789. The average molecular weight is 296 g/mol. The van der Waals surface area contributed by atoms with Gasteiger partial charge in [-0.05, 0) is 24.3 Å². The number of aliphatic imine (C=N–C) groups is 2. The number of amidine groups is 1. The molecule has 1 aromatic carbocycles. The zero-order valence-corrected chi connectivity index (χ0v) is 11.8. The van der Waals surface area contributed by atoms with E-state index in [-0.39, 0.29) is 5.96 Å². The molecule has 21 heavy (non-hydrogen) atoms. The quantitative estimate of drug-likeness (QED) is 0.558. The molecule has 0 saturated carbocycles. The fourth-order valence-corrected chi connectivity index (χ4v) is 2.59. The van der Waals surface area contributed by atoms with Crippen LogP contribution in [0.1, 0.15) is 5.56 Å². The molecule has 0 atom stereocenters. The molecule has 2 aromatic heterocycles. The molecule has 0 radical (unpaired) electrons. The first-order valence-electron chi connectivity index (χ1n) is 6.17. The molecular formula is C14H12N6S. The van der Waals surface area contributed by atoms with E-state index >= 15 is 0 Å². The maximum atomic E-state index is 5.87. The summed E-state index contributed by atoms with van der Waals surface area (Å²) in [5.41, 5.74) is 13.3. The highest BCUT2D eigenvalue weighted by Gasteiger charge is 2.03. The lowest BCUT2D eigenvalue weighted by Gasteiger charge is -1.98. The summed E-state index contributed by atoms with van der Waals surface area (Å²) in [6, 6.07) is 11.3. The number of hydrogen-bond acceptors (Lipinski definition) is 4. The number of aromatic nitrogens is 2. The van der Waals surface area contributed by atoms with E-state index in [0.717, 1.165) is 15.8 Å². The molecular weight excluding hydrogens is 284 g/mol. The Balaban J connectivity index is 1.89. The van der Waals surface area contributed by atoms with Crippen molar-refractivity contribution < 1.29 is 0 Å². The molecule has 0 spiro atoms. The molecule has 0 amide bonds. The Morgan fingerprint density at radius 2 is 1.81 bits per heavy atom. The highest BCUT2D eigenvalue weighted by Crippen LogP contribution is 2.27. The molecule has 0 unspecified atom stereocenters. The maximum absolute atomic E-state index is 5.87. The van der Waals surface area contributed by atoms with E-state index in [0.29, 0.717) is 11.0 Å². The fraction of sp³-hybridized carbons (Fsp3) is 0. The first-order chi connectivity index (χ1) is 10.2. The Labute approximate surface area is 124 Å². The summed E-state index contributed by atoms with van der Waals surface area (Å²) in [6.07, 6.45) is 3.27. The van der Waals surface area contributed by atoms with E-state index in [1.807, 2.05) is 24.3 Å².